The molecular weight excluding hydrogens is 174 g/mol. The zero-order chi connectivity index (χ0) is 10.2. The Morgan fingerprint density at radius 1 is 1.08 bits per heavy atom. The first-order valence-electron chi connectivity index (χ1n) is 4.31. The second-order valence-electron chi connectivity index (χ2n) is 3.67. The van der Waals surface area contributed by atoms with Crippen molar-refractivity contribution in [1.82, 2.24) is 4.90 Å². The summed E-state index contributed by atoms with van der Waals surface area (Å²) in [5.74, 6) is 0. The molecule has 78 valence electrons. The summed E-state index contributed by atoms with van der Waals surface area (Å²) in [7, 11) is 3.48. The summed E-state index contributed by atoms with van der Waals surface area (Å²) in [4.78, 5) is 1.68. The molecule has 0 bridgehead atoms. The molecule has 0 aromatic rings. The van der Waals surface area contributed by atoms with E-state index >= 15 is 0 Å². The first-order chi connectivity index (χ1) is 5.95. The van der Waals surface area contributed by atoms with Crippen molar-refractivity contribution in [3.8, 4) is 0 Å². The minimum absolute atomic E-state index is 0.467. The van der Waals surface area contributed by atoms with E-state index in [9.17, 15) is 15.3 Å². The van der Waals surface area contributed by atoms with E-state index in [4.69, 9.17) is 4.74 Å². The van der Waals surface area contributed by atoms with Gasteiger partial charge in [-0.05, 0) is 21.0 Å². The van der Waals surface area contributed by atoms with E-state index in [2.05, 4.69) is 0 Å². The van der Waals surface area contributed by atoms with Crippen LogP contribution in [0.2, 0.25) is 0 Å². The Hall–Kier alpha value is -0.200. The molecule has 1 aliphatic heterocycles. The van der Waals surface area contributed by atoms with Gasteiger partial charge in [0, 0.05) is 0 Å². The van der Waals surface area contributed by atoms with Gasteiger partial charge in [0.1, 0.15) is 6.10 Å². The summed E-state index contributed by atoms with van der Waals surface area (Å²) in [5.41, 5.74) is 0. The van der Waals surface area contributed by atoms with E-state index in [1.807, 2.05) is 0 Å². The number of nitrogens with zero attached hydrogens (tertiary/aromatic N) is 1. The lowest BCUT2D eigenvalue weighted by atomic mass is 9.96. The molecular formula is C8H17NO4. The predicted octanol–water partition coefficient (Wildman–Crippen LogP) is -1.62. The van der Waals surface area contributed by atoms with Crippen LogP contribution in [0.15, 0.2) is 0 Å². The van der Waals surface area contributed by atoms with Gasteiger partial charge in [0.05, 0.1) is 18.2 Å². The maximum atomic E-state index is 9.66. The Labute approximate surface area is 77.5 Å². The molecule has 0 radical (unpaired) electrons. The van der Waals surface area contributed by atoms with Crippen molar-refractivity contribution in [3.63, 3.8) is 0 Å². The van der Waals surface area contributed by atoms with Crippen molar-refractivity contribution >= 4 is 0 Å². The van der Waals surface area contributed by atoms with Gasteiger partial charge in [-0.1, -0.05) is 0 Å². The Morgan fingerprint density at radius 2 is 1.62 bits per heavy atom. The number of ether oxygens (including phenoxy) is 1. The van der Waals surface area contributed by atoms with Crippen LogP contribution in [0.3, 0.4) is 0 Å². The van der Waals surface area contributed by atoms with Gasteiger partial charge in [0.15, 0.2) is 6.29 Å². The fraction of sp³-hybridized carbons (Fsp3) is 1.00. The highest BCUT2D eigenvalue weighted by Crippen LogP contribution is 2.22. The first kappa shape index (κ1) is 10.9. The third kappa shape index (κ3) is 2.00. The second-order valence-corrected chi connectivity index (χ2v) is 3.67. The van der Waals surface area contributed by atoms with E-state index in [-0.39, 0.29) is 0 Å². The summed E-state index contributed by atoms with van der Waals surface area (Å²) in [6.45, 7) is 1.66. The maximum absolute atomic E-state index is 9.66. The third-order valence-corrected chi connectivity index (χ3v) is 2.42. The van der Waals surface area contributed by atoms with Crippen LogP contribution < -0.4 is 0 Å². The van der Waals surface area contributed by atoms with Crippen molar-refractivity contribution in [2.75, 3.05) is 14.1 Å². The van der Waals surface area contributed by atoms with Crippen LogP contribution in [0.4, 0.5) is 0 Å². The molecule has 5 atom stereocenters. The highest BCUT2D eigenvalue weighted by atomic mass is 16.6. The highest BCUT2D eigenvalue weighted by molar-refractivity contribution is 4.91. The van der Waals surface area contributed by atoms with Crippen molar-refractivity contribution in [1.29, 1.82) is 0 Å². The molecule has 1 rings (SSSR count). The fourth-order valence-corrected chi connectivity index (χ4v) is 1.64. The summed E-state index contributed by atoms with van der Waals surface area (Å²) in [6, 6.07) is -0.487. The molecule has 1 heterocycles. The molecule has 1 fully saturated rings. The maximum Gasteiger partial charge on any atom is 0.182 e. The van der Waals surface area contributed by atoms with Crippen LogP contribution in [0.5, 0.6) is 0 Å². The molecule has 5 heteroatoms. The molecule has 0 aliphatic carbocycles. The lowest BCUT2D eigenvalue weighted by molar-refractivity contribution is -0.263. The zero-order valence-electron chi connectivity index (χ0n) is 8.08. The fourth-order valence-electron chi connectivity index (χ4n) is 1.64. The van der Waals surface area contributed by atoms with E-state index in [1.165, 1.54) is 0 Å². The number of hydrogen-bond donors (Lipinski definition) is 3. The van der Waals surface area contributed by atoms with Gasteiger partial charge >= 0.3 is 0 Å². The smallest absolute Gasteiger partial charge is 0.182 e. The third-order valence-electron chi connectivity index (χ3n) is 2.42. The first-order valence-corrected chi connectivity index (χ1v) is 4.31. The predicted molar refractivity (Wildman–Crippen MR) is 46.0 cm³/mol. The van der Waals surface area contributed by atoms with Crippen molar-refractivity contribution in [2.45, 2.75) is 37.6 Å². The molecule has 13 heavy (non-hydrogen) atoms. The van der Waals surface area contributed by atoms with Crippen LogP contribution >= 0.6 is 0 Å². The zero-order valence-corrected chi connectivity index (χ0v) is 8.08. The van der Waals surface area contributed by atoms with Gasteiger partial charge in [0.25, 0.3) is 0 Å². The van der Waals surface area contributed by atoms with Crippen LogP contribution in [-0.4, -0.2) is 65.0 Å². The molecule has 1 aliphatic rings. The van der Waals surface area contributed by atoms with Crippen molar-refractivity contribution in [2.24, 2.45) is 0 Å². The monoisotopic (exact) mass is 191 g/mol. The number of aliphatic hydroxyl groups excluding tert-OH is 3. The largest absolute Gasteiger partial charge is 0.389 e. The van der Waals surface area contributed by atoms with Gasteiger partial charge < -0.3 is 25.0 Å². The Balaban J connectivity index is 2.76. The molecule has 5 nitrogen and oxygen atoms in total. The van der Waals surface area contributed by atoms with Crippen molar-refractivity contribution < 1.29 is 20.1 Å². The number of likely N-dealkylation sites (N-methyl/N-ethyl adjacent to an activating group) is 1. The Kier molecular flexibility index (Phi) is 3.26. The van der Waals surface area contributed by atoms with Crippen LogP contribution in [0.25, 0.3) is 0 Å². The van der Waals surface area contributed by atoms with E-state index < -0.39 is 30.6 Å². The van der Waals surface area contributed by atoms with Crippen LogP contribution in [0, 0.1) is 0 Å². The van der Waals surface area contributed by atoms with E-state index in [0.717, 1.165) is 0 Å². The quantitative estimate of drug-likeness (QED) is 0.464. The number of aliphatic hydroxyl groups is 3. The van der Waals surface area contributed by atoms with Gasteiger partial charge in [0.2, 0.25) is 0 Å². The average molecular weight is 191 g/mol. The lowest BCUT2D eigenvalue weighted by Crippen LogP contribution is -2.61. The summed E-state index contributed by atoms with van der Waals surface area (Å²) < 4.78 is 4.92. The van der Waals surface area contributed by atoms with Gasteiger partial charge in [-0.2, -0.15) is 0 Å². The molecule has 0 amide bonds. The normalized spacial score (nSPS) is 46.8. The minimum Gasteiger partial charge on any atom is -0.389 e. The summed E-state index contributed by atoms with van der Waals surface area (Å²) in [5, 5.41) is 28.5. The van der Waals surface area contributed by atoms with Gasteiger partial charge in [-0.25, -0.2) is 0 Å². The molecule has 0 aromatic carbocycles. The standard InChI is InChI=1S/C8H17NO4/c1-4-6(10)5(9(2)3)7(11)8(12)13-4/h4-8,10-12H,1-3H3/t4-,5+,6-,7-,8?/m1/s1. The topological polar surface area (TPSA) is 73.2 Å². The highest BCUT2D eigenvalue weighted by Gasteiger charge is 2.42. The Morgan fingerprint density at radius 3 is 2.08 bits per heavy atom. The Bertz CT molecular complexity index is 162. The molecule has 3 N–H and O–H groups in total. The molecule has 0 aromatic heterocycles. The van der Waals surface area contributed by atoms with Crippen molar-refractivity contribution in [3.05, 3.63) is 0 Å². The van der Waals surface area contributed by atoms with E-state index in [1.54, 1.807) is 25.9 Å². The lowest BCUT2D eigenvalue weighted by Gasteiger charge is -2.42. The van der Waals surface area contributed by atoms with Crippen LogP contribution in [-0.2, 0) is 4.74 Å². The molecule has 1 unspecified atom stereocenters. The SMILES string of the molecule is C[C@H]1OC(O)[C@H](O)[C@@H](N(C)C)[C@@H]1O. The average Bonchev–Trinajstić information content (AvgIpc) is 2.01. The second kappa shape index (κ2) is 3.89. The number of hydrogen-bond acceptors (Lipinski definition) is 5. The summed E-state index contributed by atoms with van der Waals surface area (Å²) >= 11 is 0. The van der Waals surface area contributed by atoms with Gasteiger partial charge in [-0.3, -0.25) is 0 Å². The summed E-state index contributed by atoms with van der Waals surface area (Å²) in [6.07, 6.45) is -3.54. The van der Waals surface area contributed by atoms with Crippen LogP contribution in [0.1, 0.15) is 6.92 Å². The van der Waals surface area contributed by atoms with E-state index in [0.29, 0.717) is 0 Å². The molecule has 1 saturated heterocycles. The molecule has 0 saturated carbocycles. The molecule has 0 spiro atoms. The minimum atomic E-state index is -1.22. The number of rotatable bonds is 1. The van der Waals surface area contributed by atoms with Gasteiger partial charge in [-0.15, -0.1) is 0 Å².